The zero-order chi connectivity index (χ0) is 17.1. The molecule has 1 atom stereocenters. The number of hydrogen-bond donors (Lipinski definition) is 1. The number of carbonyl (C=O) groups is 1. The highest BCUT2D eigenvalue weighted by Crippen LogP contribution is 2.25. The Morgan fingerprint density at radius 3 is 2.60 bits per heavy atom. The second-order valence-corrected chi connectivity index (χ2v) is 7.58. The molecule has 0 spiro atoms. The van der Waals surface area contributed by atoms with E-state index in [0.717, 1.165) is 44.4 Å². The molecule has 2 amide bonds. The minimum atomic E-state index is 0.0660. The molecular formula is C20H29N3O2. The lowest BCUT2D eigenvalue weighted by Gasteiger charge is -2.41. The van der Waals surface area contributed by atoms with Crippen LogP contribution in [0.15, 0.2) is 24.3 Å². The lowest BCUT2D eigenvalue weighted by molar-refractivity contribution is 0.0885. The molecule has 1 aromatic carbocycles. The second kappa shape index (κ2) is 7.65. The van der Waals surface area contributed by atoms with Crippen LogP contribution >= 0.6 is 0 Å². The lowest BCUT2D eigenvalue weighted by atomic mass is 9.94. The summed E-state index contributed by atoms with van der Waals surface area (Å²) in [6, 6.07) is 8.98. The third-order valence-electron chi connectivity index (χ3n) is 5.90. The van der Waals surface area contributed by atoms with Gasteiger partial charge in [0.05, 0.1) is 6.04 Å². The zero-order valence-corrected chi connectivity index (χ0v) is 15.0. The molecule has 3 aliphatic rings. The molecule has 1 aliphatic carbocycles. The van der Waals surface area contributed by atoms with Crippen molar-refractivity contribution in [3.05, 3.63) is 29.8 Å². The van der Waals surface area contributed by atoms with Crippen LogP contribution < -0.4 is 10.1 Å². The van der Waals surface area contributed by atoms with E-state index in [1.54, 1.807) is 0 Å². The summed E-state index contributed by atoms with van der Waals surface area (Å²) in [6.07, 6.45) is 7.66. The van der Waals surface area contributed by atoms with Gasteiger partial charge in [0, 0.05) is 32.2 Å². The molecular weight excluding hydrogens is 314 g/mol. The van der Waals surface area contributed by atoms with Crippen LogP contribution in [0.2, 0.25) is 0 Å². The van der Waals surface area contributed by atoms with Crippen LogP contribution in [-0.4, -0.2) is 60.7 Å². The topological polar surface area (TPSA) is 44.8 Å². The molecule has 136 valence electrons. The Kier molecular flexibility index (Phi) is 5.11. The number of urea groups is 1. The van der Waals surface area contributed by atoms with E-state index in [2.05, 4.69) is 16.3 Å². The van der Waals surface area contributed by atoms with Gasteiger partial charge < -0.3 is 15.0 Å². The largest absolute Gasteiger partial charge is 0.491 e. The van der Waals surface area contributed by atoms with Gasteiger partial charge in [-0.2, -0.15) is 0 Å². The van der Waals surface area contributed by atoms with Crippen molar-refractivity contribution in [2.24, 2.45) is 0 Å². The van der Waals surface area contributed by atoms with Crippen molar-refractivity contribution in [2.45, 2.75) is 50.6 Å². The first-order chi connectivity index (χ1) is 12.3. The number of amides is 2. The maximum absolute atomic E-state index is 12.6. The summed E-state index contributed by atoms with van der Waals surface area (Å²) in [5, 5.41) is 3.17. The molecule has 0 aromatic heterocycles. The predicted octanol–water partition coefficient (Wildman–Crippen LogP) is 2.65. The van der Waals surface area contributed by atoms with Crippen LogP contribution in [-0.2, 0) is 6.42 Å². The fourth-order valence-corrected chi connectivity index (χ4v) is 4.42. The molecule has 1 saturated carbocycles. The van der Waals surface area contributed by atoms with Crippen molar-refractivity contribution in [1.29, 1.82) is 0 Å². The summed E-state index contributed by atoms with van der Waals surface area (Å²) in [6.45, 7) is 4.27. The number of para-hydroxylation sites is 1. The third-order valence-corrected chi connectivity index (χ3v) is 5.90. The molecule has 1 saturated heterocycles. The zero-order valence-electron chi connectivity index (χ0n) is 15.0. The molecule has 5 nitrogen and oxygen atoms in total. The highest BCUT2D eigenvalue weighted by molar-refractivity contribution is 5.74. The number of benzene rings is 1. The number of rotatable bonds is 2. The Morgan fingerprint density at radius 1 is 1.04 bits per heavy atom. The SMILES string of the molecule is O=C(NC1COc2ccccc2C1)N1CCN(C2CCCCC2)CC1. The van der Waals surface area contributed by atoms with Gasteiger partial charge in [-0.25, -0.2) is 4.79 Å². The fraction of sp³-hybridized carbons (Fsp3) is 0.650. The molecule has 5 heteroatoms. The summed E-state index contributed by atoms with van der Waals surface area (Å²) in [5.41, 5.74) is 1.18. The summed E-state index contributed by atoms with van der Waals surface area (Å²) in [7, 11) is 0. The summed E-state index contributed by atoms with van der Waals surface area (Å²) in [5.74, 6) is 0.953. The van der Waals surface area contributed by atoms with Crippen LogP contribution in [0.1, 0.15) is 37.7 Å². The van der Waals surface area contributed by atoms with E-state index >= 15 is 0 Å². The number of nitrogens with one attached hydrogen (secondary N) is 1. The summed E-state index contributed by atoms with van der Waals surface area (Å²) >= 11 is 0. The maximum atomic E-state index is 12.6. The smallest absolute Gasteiger partial charge is 0.317 e. The van der Waals surface area contributed by atoms with Crippen LogP contribution in [0.4, 0.5) is 4.79 Å². The Morgan fingerprint density at radius 2 is 1.80 bits per heavy atom. The molecule has 2 aliphatic heterocycles. The van der Waals surface area contributed by atoms with E-state index in [1.165, 1.54) is 37.7 Å². The van der Waals surface area contributed by atoms with Gasteiger partial charge in [0.1, 0.15) is 12.4 Å². The summed E-state index contributed by atoms with van der Waals surface area (Å²) < 4.78 is 5.78. The molecule has 25 heavy (non-hydrogen) atoms. The van der Waals surface area contributed by atoms with Gasteiger partial charge in [0.2, 0.25) is 0 Å². The first-order valence-corrected chi connectivity index (χ1v) is 9.80. The van der Waals surface area contributed by atoms with Gasteiger partial charge >= 0.3 is 6.03 Å². The number of fused-ring (bicyclic) bond motifs is 1. The van der Waals surface area contributed by atoms with E-state index in [1.807, 2.05) is 23.1 Å². The van der Waals surface area contributed by atoms with Crippen molar-refractivity contribution in [3.63, 3.8) is 0 Å². The van der Waals surface area contributed by atoms with Crippen LogP contribution in [0, 0.1) is 0 Å². The van der Waals surface area contributed by atoms with Crippen molar-refractivity contribution in [2.75, 3.05) is 32.8 Å². The first kappa shape index (κ1) is 16.7. The Bertz CT molecular complexity index is 592. The van der Waals surface area contributed by atoms with E-state index < -0.39 is 0 Å². The molecule has 1 aromatic rings. The van der Waals surface area contributed by atoms with Gasteiger partial charge in [-0.05, 0) is 30.9 Å². The van der Waals surface area contributed by atoms with Crippen molar-refractivity contribution in [1.82, 2.24) is 15.1 Å². The van der Waals surface area contributed by atoms with E-state index in [-0.39, 0.29) is 12.1 Å². The lowest BCUT2D eigenvalue weighted by Crippen LogP contribution is -2.56. The average molecular weight is 343 g/mol. The van der Waals surface area contributed by atoms with Gasteiger partial charge in [0.25, 0.3) is 0 Å². The van der Waals surface area contributed by atoms with E-state index in [4.69, 9.17) is 4.74 Å². The van der Waals surface area contributed by atoms with E-state index in [0.29, 0.717) is 6.61 Å². The third kappa shape index (κ3) is 3.92. The Balaban J connectivity index is 1.25. The molecule has 2 fully saturated rings. The summed E-state index contributed by atoms with van der Waals surface area (Å²) in [4.78, 5) is 17.2. The Labute approximate surface area is 150 Å². The fourth-order valence-electron chi connectivity index (χ4n) is 4.42. The van der Waals surface area contributed by atoms with Gasteiger partial charge in [-0.1, -0.05) is 37.5 Å². The van der Waals surface area contributed by atoms with Gasteiger partial charge in [-0.3, -0.25) is 4.90 Å². The first-order valence-electron chi connectivity index (χ1n) is 9.80. The number of carbonyl (C=O) groups excluding carboxylic acids is 1. The monoisotopic (exact) mass is 343 g/mol. The van der Waals surface area contributed by atoms with Crippen LogP contribution in [0.5, 0.6) is 5.75 Å². The maximum Gasteiger partial charge on any atom is 0.317 e. The Hall–Kier alpha value is -1.75. The van der Waals surface area contributed by atoms with Crippen LogP contribution in [0.25, 0.3) is 0 Å². The van der Waals surface area contributed by atoms with Crippen molar-refractivity contribution >= 4 is 6.03 Å². The molecule has 2 heterocycles. The van der Waals surface area contributed by atoms with Gasteiger partial charge in [0.15, 0.2) is 0 Å². The molecule has 1 unspecified atom stereocenters. The van der Waals surface area contributed by atoms with Crippen molar-refractivity contribution in [3.8, 4) is 5.75 Å². The highest BCUT2D eigenvalue weighted by atomic mass is 16.5. The van der Waals surface area contributed by atoms with Gasteiger partial charge in [-0.15, -0.1) is 0 Å². The molecule has 0 bridgehead atoms. The van der Waals surface area contributed by atoms with Crippen LogP contribution in [0.3, 0.4) is 0 Å². The average Bonchev–Trinajstić information content (AvgIpc) is 2.69. The quantitative estimate of drug-likeness (QED) is 0.898. The number of piperazine rings is 1. The minimum absolute atomic E-state index is 0.0660. The highest BCUT2D eigenvalue weighted by Gasteiger charge is 2.28. The van der Waals surface area contributed by atoms with E-state index in [9.17, 15) is 4.79 Å². The standard InChI is InChI=1S/C20H29N3O2/c24-20(21-17-14-16-6-4-5-9-19(16)25-15-17)23-12-10-22(11-13-23)18-7-2-1-3-8-18/h4-6,9,17-18H,1-3,7-8,10-15H2,(H,21,24). The normalized spacial score (nSPS) is 25.1. The minimum Gasteiger partial charge on any atom is -0.491 e. The molecule has 1 N–H and O–H groups in total. The second-order valence-electron chi connectivity index (χ2n) is 7.58. The molecule has 4 rings (SSSR count). The number of nitrogens with zero attached hydrogens (tertiary/aromatic N) is 2. The molecule has 0 radical (unpaired) electrons. The predicted molar refractivity (Wildman–Crippen MR) is 98.0 cm³/mol. The van der Waals surface area contributed by atoms with Crippen molar-refractivity contribution < 1.29 is 9.53 Å². The number of ether oxygens (including phenoxy) is 1. The number of hydrogen-bond acceptors (Lipinski definition) is 3.